The molecule has 0 aliphatic heterocycles. The zero-order valence-corrected chi connectivity index (χ0v) is 11.6. The summed E-state index contributed by atoms with van der Waals surface area (Å²) in [4.78, 5) is 0. The first-order valence-corrected chi connectivity index (χ1v) is 6.69. The summed E-state index contributed by atoms with van der Waals surface area (Å²) >= 11 is 0. The van der Waals surface area contributed by atoms with Crippen LogP contribution in [0.15, 0.2) is 11.8 Å². The molecule has 3 nitrogen and oxygen atoms in total. The first-order chi connectivity index (χ1) is 9.49. The van der Waals surface area contributed by atoms with Crippen molar-refractivity contribution in [2.75, 3.05) is 0 Å². The lowest BCUT2D eigenvalue weighted by Gasteiger charge is -2.32. The summed E-state index contributed by atoms with van der Waals surface area (Å²) in [6.07, 6.45) is -6.80. The van der Waals surface area contributed by atoms with Gasteiger partial charge in [0, 0.05) is 6.42 Å². The molecule has 0 fully saturated rings. The number of hydrogen-bond acceptors (Lipinski definition) is 3. The number of allylic oxidation sites excluding steroid dienone is 2. The van der Waals surface area contributed by atoms with E-state index in [0.717, 1.165) is 19.9 Å². The second-order valence-electron chi connectivity index (χ2n) is 3.81. The maximum absolute atomic E-state index is 13.2. The van der Waals surface area contributed by atoms with Gasteiger partial charge in [-0.3, -0.25) is 0 Å². The smallest absolute Gasteiger partial charge is 0.383 e. The van der Waals surface area contributed by atoms with E-state index in [-0.39, 0.29) is 0 Å². The second kappa shape index (κ2) is 5.81. The number of hydrogen-bond donors (Lipinski definition) is 0. The lowest BCUT2D eigenvalue weighted by molar-refractivity contribution is -0.382. The molecule has 0 saturated heterocycles. The Bertz CT molecular complexity index is 533. The van der Waals surface area contributed by atoms with Crippen LogP contribution in [0.25, 0.3) is 0 Å². The van der Waals surface area contributed by atoms with Gasteiger partial charge in [-0.15, -0.1) is 0 Å². The van der Waals surface area contributed by atoms with Crippen LogP contribution in [0.1, 0.15) is 20.3 Å². The SMILES string of the molecule is CC=C(CC)OS(=O)(=O)C(F)(F)C(F)(F)C(F)(F)C(F)(F)F. The molecule has 0 bridgehead atoms. The third-order valence-corrected chi connectivity index (χ3v) is 3.63. The third-order valence-electron chi connectivity index (χ3n) is 2.32. The zero-order chi connectivity index (χ0) is 18.2. The first-order valence-electron chi connectivity index (χ1n) is 5.29. The molecular weight excluding hydrogens is 359 g/mol. The Morgan fingerprint density at radius 1 is 0.955 bits per heavy atom. The molecule has 0 rings (SSSR count). The largest absolute Gasteiger partial charge is 0.460 e. The van der Waals surface area contributed by atoms with Crippen LogP contribution in [0.4, 0.5) is 39.5 Å². The van der Waals surface area contributed by atoms with E-state index >= 15 is 0 Å². The summed E-state index contributed by atoms with van der Waals surface area (Å²) in [6.45, 7) is 2.17. The van der Waals surface area contributed by atoms with Gasteiger partial charge >= 0.3 is 33.4 Å². The van der Waals surface area contributed by atoms with Crippen molar-refractivity contribution < 1.29 is 52.1 Å². The van der Waals surface area contributed by atoms with Gasteiger partial charge in [0.25, 0.3) is 0 Å². The summed E-state index contributed by atoms with van der Waals surface area (Å²) in [6, 6.07) is 0. The van der Waals surface area contributed by atoms with Crippen molar-refractivity contribution >= 4 is 10.1 Å². The van der Waals surface area contributed by atoms with Gasteiger partial charge in [0.15, 0.2) is 0 Å². The lowest BCUT2D eigenvalue weighted by Crippen LogP contribution is -2.63. The molecule has 0 unspecified atom stereocenters. The fraction of sp³-hybridized carbons (Fsp3) is 0.778. The summed E-state index contributed by atoms with van der Waals surface area (Å²) in [5.41, 5.74) is 0. The van der Waals surface area contributed by atoms with Crippen molar-refractivity contribution in [1.82, 2.24) is 0 Å². The highest BCUT2D eigenvalue weighted by Gasteiger charge is 2.86. The molecule has 22 heavy (non-hydrogen) atoms. The highest BCUT2D eigenvalue weighted by atomic mass is 32.2. The minimum atomic E-state index is -7.30. The van der Waals surface area contributed by atoms with Crippen molar-refractivity contribution in [2.45, 2.75) is 43.5 Å². The van der Waals surface area contributed by atoms with Crippen molar-refractivity contribution in [2.24, 2.45) is 0 Å². The van der Waals surface area contributed by atoms with Crippen molar-refractivity contribution in [3.8, 4) is 0 Å². The quantitative estimate of drug-likeness (QED) is 0.403. The molecule has 132 valence electrons. The highest BCUT2D eigenvalue weighted by molar-refractivity contribution is 7.88. The van der Waals surface area contributed by atoms with E-state index in [2.05, 4.69) is 4.18 Å². The Morgan fingerprint density at radius 3 is 1.64 bits per heavy atom. The monoisotopic (exact) mass is 368 g/mol. The average molecular weight is 368 g/mol. The van der Waals surface area contributed by atoms with Crippen LogP contribution in [-0.4, -0.2) is 31.7 Å². The van der Waals surface area contributed by atoms with Crippen LogP contribution >= 0.6 is 0 Å². The minimum absolute atomic E-state index is 0.424. The molecule has 0 aliphatic rings. The number of alkyl halides is 9. The summed E-state index contributed by atoms with van der Waals surface area (Å²) in [7, 11) is -6.82. The van der Waals surface area contributed by atoms with Gasteiger partial charge in [0.1, 0.15) is 5.76 Å². The van der Waals surface area contributed by atoms with Crippen LogP contribution in [-0.2, 0) is 14.3 Å². The molecule has 0 amide bonds. The summed E-state index contributed by atoms with van der Waals surface area (Å²) in [5.74, 6) is -15.4. The fourth-order valence-corrected chi connectivity index (χ4v) is 2.06. The second-order valence-corrected chi connectivity index (χ2v) is 5.40. The third kappa shape index (κ3) is 3.13. The normalized spacial score (nSPS) is 15.9. The summed E-state index contributed by atoms with van der Waals surface area (Å²) in [5, 5.41) is -6.83. The number of halogens is 9. The molecule has 0 aromatic carbocycles. The predicted molar refractivity (Wildman–Crippen MR) is 54.9 cm³/mol. The first kappa shape index (κ1) is 20.9. The van der Waals surface area contributed by atoms with Crippen LogP contribution < -0.4 is 0 Å². The van der Waals surface area contributed by atoms with Crippen LogP contribution in [0.5, 0.6) is 0 Å². The fourth-order valence-electron chi connectivity index (χ4n) is 1.02. The van der Waals surface area contributed by atoms with Gasteiger partial charge in [-0.25, -0.2) is 0 Å². The van der Waals surface area contributed by atoms with E-state index in [4.69, 9.17) is 0 Å². The van der Waals surface area contributed by atoms with Crippen molar-refractivity contribution in [3.05, 3.63) is 11.8 Å². The van der Waals surface area contributed by atoms with Crippen molar-refractivity contribution in [3.63, 3.8) is 0 Å². The van der Waals surface area contributed by atoms with Gasteiger partial charge in [-0.05, 0) is 13.0 Å². The Kier molecular flexibility index (Phi) is 5.51. The highest BCUT2D eigenvalue weighted by Crippen LogP contribution is 2.55. The molecule has 0 atom stereocenters. The van der Waals surface area contributed by atoms with Gasteiger partial charge in [-0.1, -0.05) is 6.92 Å². The predicted octanol–water partition coefficient (Wildman–Crippen LogP) is 4.07. The van der Waals surface area contributed by atoms with Gasteiger partial charge in [-0.2, -0.15) is 47.9 Å². The van der Waals surface area contributed by atoms with Gasteiger partial charge < -0.3 is 4.18 Å². The Balaban J connectivity index is 6.01. The van der Waals surface area contributed by atoms with Crippen LogP contribution in [0.2, 0.25) is 0 Å². The average Bonchev–Trinajstić information content (AvgIpc) is 2.33. The molecule has 13 heteroatoms. The van der Waals surface area contributed by atoms with E-state index < -0.39 is 45.6 Å². The molecule has 0 N–H and O–H groups in total. The van der Waals surface area contributed by atoms with E-state index in [1.807, 2.05) is 0 Å². The molecule has 0 aromatic heterocycles. The molecule has 0 aliphatic carbocycles. The molecule has 0 saturated carbocycles. The molecule has 0 aromatic rings. The Labute approximate surface area is 118 Å². The lowest BCUT2D eigenvalue weighted by atomic mass is 10.1. The van der Waals surface area contributed by atoms with E-state index in [1.54, 1.807) is 0 Å². The maximum Gasteiger partial charge on any atom is 0.460 e. The van der Waals surface area contributed by atoms with Crippen LogP contribution in [0.3, 0.4) is 0 Å². The van der Waals surface area contributed by atoms with E-state index in [9.17, 15) is 47.9 Å². The van der Waals surface area contributed by atoms with E-state index in [0.29, 0.717) is 0 Å². The zero-order valence-electron chi connectivity index (χ0n) is 10.8. The van der Waals surface area contributed by atoms with Crippen LogP contribution in [0, 0.1) is 0 Å². The maximum atomic E-state index is 13.2. The molecule has 0 heterocycles. The number of rotatable bonds is 6. The topological polar surface area (TPSA) is 43.4 Å². The molecule has 0 radical (unpaired) electrons. The summed E-state index contributed by atoms with van der Waals surface area (Å²) < 4.78 is 138. The van der Waals surface area contributed by atoms with Gasteiger partial charge in [0.05, 0.1) is 0 Å². The Morgan fingerprint density at radius 2 is 1.36 bits per heavy atom. The van der Waals surface area contributed by atoms with E-state index in [1.165, 1.54) is 0 Å². The van der Waals surface area contributed by atoms with Crippen molar-refractivity contribution in [1.29, 1.82) is 0 Å². The minimum Gasteiger partial charge on any atom is -0.383 e. The van der Waals surface area contributed by atoms with Gasteiger partial charge in [0.2, 0.25) is 0 Å². The Hall–Kier alpha value is -1.14. The molecular formula is C9H9F9O3S. The standard InChI is InChI=1S/C9H9F9O3S/c1-3-5(4-2)21-22(19,20)9(17,18)7(12,13)6(10,11)8(14,15)16/h3H,4H2,1-2H3. The molecule has 0 spiro atoms.